The molecule has 5 nitrogen and oxygen atoms in total. The zero-order valence-electron chi connectivity index (χ0n) is 20.8. The molecule has 34 heavy (non-hydrogen) atoms. The van der Waals surface area contributed by atoms with Crippen LogP contribution in [-0.2, 0) is 4.79 Å². The van der Waals surface area contributed by atoms with E-state index in [9.17, 15) is 19.8 Å². The summed E-state index contributed by atoms with van der Waals surface area (Å²) in [4.78, 5) is 23.8. The highest BCUT2D eigenvalue weighted by Crippen LogP contribution is 2.36. The zero-order chi connectivity index (χ0) is 24.6. The first-order valence-electron chi connectivity index (χ1n) is 13.2. The smallest absolute Gasteiger partial charge is 0.339 e. The van der Waals surface area contributed by atoms with Crippen LogP contribution in [0.2, 0.25) is 0 Å². The van der Waals surface area contributed by atoms with E-state index in [1.165, 1.54) is 83.1 Å². The number of hydrogen-bond acceptors (Lipinski definition) is 4. The van der Waals surface area contributed by atoms with Gasteiger partial charge < -0.3 is 14.9 Å². The molecule has 0 radical (unpaired) electrons. The molecule has 0 spiro atoms. The molecule has 0 aliphatic heterocycles. The standard InChI is InChI=1S/C29H42O5/c1-2-3-4-5-6-7-8-9-10-11-12-13-14-15-16-21-27(30)34-26-22-25(29(32)33)28(31)24-20-18-17-19-23(24)26/h17-20,22,31H,2-16,21H2,1H3,(H,32,33). The van der Waals surface area contributed by atoms with Gasteiger partial charge in [-0.05, 0) is 12.5 Å². The van der Waals surface area contributed by atoms with Crippen LogP contribution in [0.1, 0.15) is 120 Å². The lowest BCUT2D eigenvalue weighted by Crippen LogP contribution is -2.09. The molecule has 5 heteroatoms. The predicted molar refractivity (Wildman–Crippen MR) is 138 cm³/mol. The number of carboxylic acid groups (broad SMARTS) is 1. The van der Waals surface area contributed by atoms with Crippen molar-refractivity contribution in [3.63, 3.8) is 0 Å². The van der Waals surface area contributed by atoms with E-state index in [2.05, 4.69) is 6.92 Å². The number of carbonyl (C=O) groups is 2. The average Bonchev–Trinajstić information content (AvgIpc) is 2.83. The number of aromatic carboxylic acids is 1. The van der Waals surface area contributed by atoms with Crippen molar-refractivity contribution in [1.29, 1.82) is 0 Å². The van der Waals surface area contributed by atoms with E-state index in [0.29, 0.717) is 17.2 Å². The maximum absolute atomic E-state index is 12.3. The van der Waals surface area contributed by atoms with Crippen molar-refractivity contribution in [3.05, 3.63) is 35.9 Å². The van der Waals surface area contributed by atoms with Gasteiger partial charge in [-0.2, -0.15) is 0 Å². The summed E-state index contributed by atoms with van der Waals surface area (Å²) >= 11 is 0. The second kappa shape index (κ2) is 16.1. The van der Waals surface area contributed by atoms with Gasteiger partial charge in [-0.3, -0.25) is 4.79 Å². The lowest BCUT2D eigenvalue weighted by Gasteiger charge is -2.11. The highest BCUT2D eigenvalue weighted by Gasteiger charge is 2.18. The van der Waals surface area contributed by atoms with E-state index in [1.807, 2.05) is 0 Å². The molecule has 0 bridgehead atoms. The number of aromatic hydroxyl groups is 1. The second-order valence-corrected chi connectivity index (χ2v) is 9.30. The minimum absolute atomic E-state index is 0.178. The lowest BCUT2D eigenvalue weighted by molar-refractivity contribution is -0.134. The third kappa shape index (κ3) is 9.74. The molecule has 2 N–H and O–H groups in total. The average molecular weight is 471 g/mol. The molecule has 0 aliphatic rings. The molecular formula is C29H42O5. The molecule has 0 saturated carbocycles. The number of phenols is 1. The summed E-state index contributed by atoms with van der Waals surface area (Å²) in [6.45, 7) is 2.26. The summed E-state index contributed by atoms with van der Waals surface area (Å²) < 4.78 is 5.48. The minimum Gasteiger partial charge on any atom is -0.506 e. The molecule has 0 aromatic heterocycles. The molecular weight excluding hydrogens is 428 g/mol. The Morgan fingerprint density at radius 3 is 1.71 bits per heavy atom. The molecule has 0 saturated heterocycles. The topological polar surface area (TPSA) is 83.8 Å². The lowest BCUT2D eigenvalue weighted by atomic mass is 10.0. The van der Waals surface area contributed by atoms with Gasteiger partial charge >= 0.3 is 11.9 Å². The summed E-state index contributed by atoms with van der Waals surface area (Å²) in [5.74, 6) is -1.77. The van der Waals surface area contributed by atoms with Gasteiger partial charge in [-0.15, -0.1) is 0 Å². The van der Waals surface area contributed by atoms with Gasteiger partial charge in [-0.1, -0.05) is 121 Å². The fourth-order valence-corrected chi connectivity index (χ4v) is 4.39. The number of esters is 1. The minimum atomic E-state index is -1.26. The van der Waals surface area contributed by atoms with E-state index in [4.69, 9.17) is 4.74 Å². The number of hydrogen-bond donors (Lipinski definition) is 2. The van der Waals surface area contributed by atoms with Crippen LogP contribution in [0.4, 0.5) is 0 Å². The van der Waals surface area contributed by atoms with Crippen LogP contribution in [-0.4, -0.2) is 22.2 Å². The fraction of sp³-hybridized carbons (Fsp3) is 0.586. The largest absolute Gasteiger partial charge is 0.506 e. The number of benzene rings is 2. The molecule has 0 unspecified atom stereocenters. The number of fused-ring (bicyclic) bond motifs is 1. The van der Waals surface area contributed by atoms with Crippen LogP contribution in [0, 0.1) is 0 Å². The first-order valence-corrected chi connectivity index (χ1v) is 13.2. The van der Waals surface area contributed by atoms with Gasteiger partial charge in [0.2, 0.25) is 0 Å². The summed E-state index contributed by atoms with van der Waals surface area (Å²) in [7, 11) is 0. The fourth-order valence-electron chi connectivity index (χ4n) is 4.39. The molecule has 0 amide bonds. The van der Waals surface area contributed by atoms with Crippen LogP contribution in [0.15, 0.2) is 30.3 Å². The van der Waals surface area contributed by atoms with Gasteiger partial charge in [0.15, 0.2) is 0 Å². The Morgan fingerprint density at radius 1 is 0.735 bits per heavy atom. The maximum Gasteiger partial charge on any atom is 0.339 e. The Bertz CT molecular complexity index is 889. The highest BCUT2D eigenvalue weighted by molar-refractivity contribution is 6.03. The van der Waals surface area contributed by atoms with Gasteiger partial charge in [0.25, 0.3) is 0 Å². The number of carboxylic acids is 1. The first kappa shape index (κ1) is 27.7. The van der Waals surface area contributed by atoms with E-state index >= 15 is 0 Å². The second-order valence-electron chi connectivity index (χ2n) is 9.30. The van der Waals surface area contributed by atoms with Crippen molar-refractivity contribution in [3.8, 4) is 11.5 Å². The number of carbonyl (C=O) groups excluding carboxylic acids is 1. The van der Waals surface area contributed by atoms with Crippen molar-refractivity contribution >= 4 is 22.7 Å². The van der Waals surface area contributed by atoms with E-state index in [0.717, 1.165) is 19.3 Å². The van der Waals surface area contributed by atoms with Crippen molar-refractivity contribution in [2.75, 3.05) is 0 Å². The number of rotatable bonds is 18. The summed E-state index contributed by atoms with van der Waals surface area (Å²) in [6, 6.07) is 8.01. The summed E-state index contributed by atoms with van der Waals surface area (Å²) in [5, 5.41) is 20.4. The van der Waals surface area contributed by atoms with Crippen molar-refractivity contribution in [2.24, 2.45) is 0 Å². The monoisotopic (exact) mass is 470 g/mol. The van der Waals surface area contributed by atoms with Crippen molar-refractivity contribution in [1.82, 2.24) is 0 Å². The Labute approximate surface area is 204 Å². The van der Waals surface area contributed by atoms with E-state index in [1.54, 1.807) is 24.3 Å². The number of unbranched alkanes of at least 4 members (excludes halogenated alkanes) is 14. The van der Waals surface area contributed by atoms with Crippen LogP contribution < -0.4 is 4.74 Å². The van der Waals surface area contributed by atoms with Crippen molar-refractivity contribution < 1.29 is 24.5 Å². The quantitative estimate of drug-likeness (QED) is 0.130. The molecule has 2 rings (SSSR count). The Balaban J connectivity index is 1.58. The SMILES string of the molecule is CCCCCCCCCCCCCCCCCC(=O)Oc1cc(C(=O)O)c(O)c2ccccc12. The van der Waals surface area contributed by atoms with E-state index in [-0.39, 0.29) is 23.0 Å². The van der Waals surface area contributed by atoms with Crippen LogP contribution in [0.3, 0.4) is 0 Å². The van der Waals surface area contributed by atoms with Gasteiger partial charge in [0.05, 0.1) is 0 Å². The molecule has 0 fully saturated rings. The third-order valence-electron chi connectivity index (χ3n) is 6.42. The molecule has 2 aromatic carbocycles. The van der Waals surface area contributed by atoms with Gasteiger partial charge in [0.1, 0.15) is 17.1 Å². The summed E-state index contributed by atoms with van der Waals surface area (Å²) in [5.41, 5.74) is -0.270. The Hall–Kier alpha value is -2.56. The Morgan fingerprint density at radius 2 is 1.21 bits per heavy atom. The summed E-state index contributed by atoms with van der Waals surface area (Å²) in [6.07, 6.45) is 19.3. The van der Waals surface area contributed by atoms with Crippen LogP contribution >= 0.6 is 0 Å². The maximum atomic E-state index is 12.3. The van der Waals surface area contributed by atoms with Crippen LogP contribution in [0.5, 0.6) is 11.5 Å². The van der Waals surface area contributed by atoms with E-state index < -0.39 is 5.97 Å². The first-order chi connectivity index (χ1) is 16.5. The van der Waals surface area contributed by atoms with Gasteiger partial charge in [0, 0.05) is 17.2 Å². The molecule has 0 atom stereocenters. The number of ether oxygens (including phenoxy) is 1. The zero-order valence-corrected chi connectivity index (χ0v) is 20.8. The highest BCUT2D eigenvalue weighted by atomic mass is 16.5. The molecule has 2 aromatic rings. The normalized spacial score (nSPS) is 11.1. The van der Waals surface area contributed by atoms with Crippen LogP contribution in [0.25, 0.3) is 10.8 Å². The molecule has 0 aliphatic carbocycles. The predicted octanol–water partition coefficient (Wildman–Crippen LogP) is 8.41. The molecule has 0 heterocycles. The molecule has 188 valence electrons. The van der Waals surface area contributed by atoms with Crippen molar-refractivity contribution in [2.45, 2.75) is 110 Å². The van der Waals surface area contributed by atoms with Gasteiger partial charge in [-0.25, -0.2) is 4.79 Å². The third-order valence-corrected chi connectivity index (χ3v) is 6.42. The Kier molecular flexibility index (Phi) is 13.1.